The summed E-state index contributed by atoms with van der Waals surface area (Å²) in [5.41, 5.74) is 2.22. The lowest BCUT2D eigenvalue weighted by molar-refractivity contribution is -0.125. The van der Waals surface area contributed by atoms with Gasteiger partial charge in [-0.05, 0) is 30.7 Å². The van der Waals surface area contributed by atoms with Crippen LogP contribution < -0.4 is 14.5 Å². The molecular formula is C21H24N2O5. The van der Waals surface area contributed by atoms with Gasteiger partial charge in [0.2, 0.25) is 0 Å². The number of hydroxylamine groups is 1. The van der Waals surface area contributed by atoms with E-state index in [1.165, 1.54) is 12.2 Å². The first-order valence-corrected chi connectivity index (χ1v) is 9.14. The van der Waals surface area contributed by atoms with Crippen LogP contribution in [0.25, 0.3) is 0 Å². The van der Waals surface area contributed by atoms with Crippen LogP contribution in [0, 0.1) is 0 Å². The fourth-order valence-electron chi connectivity index (χ4n) is 3.24. The third-order valence-corrected chi connectivity index (χ3v) is 4.58. The lowest BCUT2D eigenvalue weighted by atomic mass is 10.1. The number of benzene rings is 2. The van der Waals surface area contributed by atoms with Gasteiger partial charge in [-0.25, -0.2) is 0 Å². The molecule has 1 aliphatic rings. The number of carbonyl (C=O) groups excluding carboxylic acids is 2. The molecule has 0 saturated heterocycles. The standard InChI is InChI=1S/C21H24N2O5/c1-4-28-19-13-16(9-10-18(19)26-2)23(27-3)20(24)11-12-22-14-15-7-5-6-8-17(15)21(22)25/h5-10,13H,4,11-12,14H2,1-3H3. The molecule has 0 spiro atoms. The van der Waals surface area contributed by atoms with Crippen molar-refractivity contribution in [3.63, 3.8) is 0 Å². The fraction of sp³-hybridized carbons (Fsp3) is 0.333. The van der Waals surface area contributed by atoms with E-state index < -0.39 is 0 Å². The first kappa shape index (κ1) is 19.7. The topological polar surface area (TPSA) is 68.3 Å². The van der Waals surface area contributed by atoms with Gasteiger partial charge >= 0.3 is 0 Å². The van der Waals surface area contributed by atoms with Crippen molar-refractivity contribution >= 4 is 17.5 Å². The van der Waals surface area contributed by atoms with E-state index >= 15 is 0 Å². The lowest BCUT2D eigenvalue weighted by Gasteiger charge is -2.22. The van der Waals surface area contributed by atoms with Crippen molar-refractivity contribution in [2.75, 3.05) is 32.4 Å². The van der Waals surface area contributed by atoms with Gasteiger partial charge in [0, 0.05) is 31.1 Å². The second kappa shape index (κ2) is 8.75. The zero-order valence-corrected chi connectivity index (χ0v) is 16.3. The van der Waals surface area contributed by atoms with Crippen molar-refractivity contribution in [2.24, 2.45) is 0 Å². The summed E-state index contributed by atoms with van der Waals surface area (Å²) in [4.78, 5) is 32.1. The molecular weight excluding hydrogens is 360 g/mol. The zero-order valence-electron chi connectivity index (χ0n) is 16.3. The van der Waals surface area contributed by atoms with Crippen LogP contribution >= 0.6 is 0 Å². The Morgan fingerprint density at radius 2 is 1.93 bits per heavy atom. The van der Waals surface area contributed by atoms with Gasteiger partial charge in [0.25, 0.3) is 11.8 Å². The molecule has 0 saturated carbocycles. The number of rotatable bonds is 8. The average Bonchev–Trinajstić information content (AvgIpc) is 3.03. The van der Waals surface area contributed by atoms with Crippen LogP contribution in [0.5, 0.6) is 11.5 Å². The van der Waals surface area contributed by atoms with E-state index in [9.17, 15) is 9.59 Å². The van der Waals surface area contributed by atoms with Crippen molar-refractivity contribution in [1.82, 2.24) is 4.90 Å². The molecule has 7 nitrogen and oxygen atoms in total. The number of ether oxygens (including phenoxy) is 2. The van der Waals surface area contributed by atoms with Crippen LogP contribution in [-0.4, -0.2) is 44.1 Å². The summed E-state index contributed by atoms with van der Waals surface area (Å²) in [7, 11) is 2.99. The number of carbonyl (C=O) groups is 2. The average molecular weight is 384 g/mol. The Hall–Kier alpha value is -3.06. The number of anilines is 1. The molecule has 2 amide bonds. The molecule has 0 unspecified atom stereocenters. The van der Waals surface area contributed by atoms with Gasteiger partial charge in [0.05, 0.1) is 26.5 Å². The molecule has 0 bridgehead atoms. The molecule has 2 aromatic rings. The van der Waals surface area contributed by atoms with Crippen LogP contribution in [0.4, 0.5) is 5.69 Å². The van der Waals surface area contributed by atoms with Crippen molar-refractivity contribution in [1.29, 1.82) is 0 Å². The second-order valence-corrected chi connectivity index (χ2v) is 6.27. The lowest BCUT2D eigenvalue weighted by Crippen LogP contribution is -2.34. The van der Waals surface area contributed by atoms with E-state index in [2.05, 4.69) is 0 Å². The van der Waals surface area contributed by atoms with Gasteiger partial charge in [0.1, 0.15) is 0 Å². The highest BCUT2D eigenvalue weighted by molar-refractivity contribution is 5.99. The van der Waals surface area contributed by atoms with Crippen molar-refractivity contribution in [3.05, 3.63) is 53.6 Å². The van der Waals surface area contributed by atoms with E-state index in [0.717, 1.165) is 5.56 Å². The van der Waals surface area contributed by atoms with E-state index in [-0.39, 0.29) is 18.2 Å². The van der Waals surface area contributed by atoms with Crippen molar-refractivity contribution < 1.29 is 23.9 Å². The summed E-state index contributed by atoms with van der Waals surface area (Å²) in [5, 5.41) is 1.20. The highest BCUT2D eigenvalue weighted by Gasteiger charge is 2.28. The Morgan fingerprint density at radius 3 is 2.61 bits per heavy atom. The third-order valence-electron chi connectivity index (χ3n) is 4.58. The summed E-state index contributed by atoms with van der Waals surface area (Å²) in [6.45, 7) is 3.18. The molecule has 3 rings (SSSR count). The van der Waals surface area contributed by atoms with Crippen molar-refractivity contribution in [2.45, 2.75) is 19.9 Å². The first-order valence-electron chi connectivity index (χ1n) is 9.14. The SMILES string of the molecule is CCOc1cc(N(OC)C(=O)CCN2Cc3ccccc3C2=O)ccc1OC. The van der Waals surface area contributed by atoms with Gasteiger partial charge in [-0.15, -0.1) is 0 Å². The molecule has 28 heavy (non-hydrogen) atoms. The van der Waals surface area contributed by atoms with E-state index in [0.29, 0.717) is 42.4 Å². The zero-order chi connectivity index (χ0) is 20.1. The van der Waals surface area contributed by atoms with Gasteiger partial charge in [-0.2, -0.15) is 5.06 Å². The maximum Gasteiger partial charge on any atom is 0.254 e. The quantitative estimate of drug-likeness (QED) is 0.655. The Kier molecular flexibility index (Phi) is 6.16. The van der Waals surface area contributed by atoms with Gasteiger partial charge in [0.15, 0.2) is 11.5 Å². The normalized spacial score (nSPS) is 12.7. The van der Waals surface area contributed by atoms with Crippen LogP contribution in [0.3, 0.4) is 0 Å². The van der Waals surface area contributed by atoms with E-state index in [4.69, 9.17) is 14.3 Å². The molecule has 1 aliphatic heterocycles. The van der Waals surface area contributed by atoms with Gasteiger partial charge in [-0.3, -0.25) is 14.4 Å². The number of methoxy groups -OCH3 is 1. The minimum Gasteiger partial charge on any atom is -0.493 e. The molecule has 7 heteroatoms. The summed E-state index contributed by atoms with van der Waals surface area (Å²) < 4.78 is 10.8. The van der Waals surface area contributed by atoms with Gasteiger partial charge < -0.3 is 14.4 Å². The summed E-state index contributed by atoms with van der Waals surface area (Å²) >= 11 is 0. The molecule has 0 atom stereocenters. The maximum atomic E-state index is 12.7. The van der Waals surface area contributed by atoms with Crippen molar-refractivity contribution in [3.8, 4) is 11.5 Å². The van der Waals surface area contributed by atoms with E-state index in [1.807, 2.05) is 31.2 Å². The second-order valence-electron chi connectivity index (χ2n) is 6.27. The minimum absolute atomic E-state index is 0.0459. The van der Waals surface area contributed by atoms with Crippen LogP contribution in [0.15, 0.2) is 42.5 Å². The number of nitrogens with zero attached hydrogens (tertiary/aromatic N) is 2. The molecule has 0 fully saturated rings. The monoisotopic (exact) mass is 384 g/mol. The minimum atomic E-state index is -0.251. The molecule has 0 aromatic heterocycles. The molecule has 0 aliphatic carbocycles. The molecule has 148 valence electrons. The number of hydrogen-bond donors (Lipinski definition) is 0. The highest BCUT2D eigenvalue weighted by Crippen LogP contribution is 2.32. The van der Waals surface area contributed by atoms with Crippen LogP contribution in [-0.2, 0) is 16.2 Å². The molecule has 1 heterocycles. The smallest absolute Gasteiger partial charge is 0.254 e. The number of hydrogen-bond acceptors (Lipinski definition) is 5. The van der Waals surface area contributed by atoms with Gasteiger partial charge in [-0.1, -0.05) is 18.2 Å². The van der Waals surface area contributed by atoms with Crippen LogP contribution in [0.1, 0.15) is 29.3 Å². The number of amides is 2. The Bertz CT molecular complexity index is 868. The molecule has 0 N–H and O–H groups in total. The molecule has 0 radical (unpaired) electrons. The number of fused-ring (bicyclic) bond motifs is 1. The highest BCUT2D eigenvalue weighted by atomic mass is 16.7. The fourth-order valence-corrected chi connectivity index (χ4v) is 3.24. The predicted octanol–water partition coefficient (Wildman–Crippen LogP) is 3.03. The summed E-state index contributed by atoms with van der Waals surface area (Å²) in [6, 6.07) is 12.6. The van der Waals surface area contributed by atoms with E-state index in [1.54, 1.807) is 30.2 Å². The van der Waals surface area contributed by atoms with Crippen LogP contribution in [0.2, 0.25) is 0 Å². The predicted molar refractivity (Wildman–Crippen MR) is 104 cm³/mol. The first-order chi connectivity index (χ1) is 13.6. The maximum absolute atomic E-state index is 12.7. The molecule has 2 aromatic carbocycles. The Balaban J connectivity index is 1.68. The third kappa shape index (κ3) is 3.94. The summed E-state index contributed by atoms with van der Waals surface area (Å²) in [5.74, 6) is 0.811. The Labute approximate surface area is 164 Å². The Morgan fingerprint density at radius 1 is 1.14 bits per heavy atom. The summed E-state index contributed by atoms with van der Waals surface area (Å²) in [6.07, 6.45) is 0.142. The largest absolute Gasteiger partial charge is 0.493 e.